The van der Waals surface area contributed by atoms with Gasteiger partial charge in [-0.3, -0.25) is 4.79 Å². The normalized spacial score (nSPS) is 10.8. The quantitative estimate of drug-likeness (QED) is 0.131. The number of carbonyl (C=O) groups is 1. The smallest absolute Gasteiger partial charge is 0.251 e. The number of nitrogens with zero attached hydrogens (tertiary/aromatic N) is 3. The first-order chi connectivity index (χ1) is 20.4. The highest BCUT2D eigenvalue weighted by atomic mass is 16.5. The molecule has 0 aliphatic heterocycles. The predicted molar refractivity (Wildman–Crippen MR) is 162 cm³/mol. The molecule has 1 amide bonds. The third-order valence-electron chi connectivity index (χ3n) is 5.81. The molecule has 0 radical (unpaired) electrons. The second-order valence-corrected chi connectivity index (χ2v) is 9.43. The number of para-hydroxylation sites is 1. The number of amides is 1. The van der Waals surface area contributed by atoms with Crippen molar-refractivity contribution in [2.45, 2.75) is 33.0 Å². The van der Waals surface area contributed by atoms with E-state index < -0.39 is 0 Å². The van der Waals surface area contributed by atoms with E-state index >= 15 is 0 Å². The van der Waals surface area contributed by atoms with Crippen molar-refractivity contribution in [3.8, 4) is 11.5 Å². The van der Waals surface area contributed by atoms with Crippen LogP contribution >= 0.6 is 0 Å². The van der Waals surface area contributed by atoms with Gasteiger partial charge in [-0.15, -0.1) is 0 Å². The summed E-state index contributed by atoms with van der Waals surface area (Å²) < 4.78 is 21.6. The van der Waals surface area contributed by atoms with Gasteiger partial charge < -0.3 is 45.9 Å². The molecular formula is C29H42N8O5. The molecule has 1 heterocycles. The number of carbonyl (C=O) groups excluding carboxylic acids is 1. The lowest BCUT2D eigenvalue weighted by atomic mass is 10.1. The summed E-state index contributed by atoms with van der Waals surface area (Å²) in [5.41, 5.74) is 7.78. The fourth-order valence-corrected chi connectivity index (χ4v) is 3.82. The number of ether oxygens (including phenoxy) is 4. The summed E-state index contributed by atoms with van der Waals surface area (Å²) in [4.78, 5) is 26.0. The molecule has 13 heteroatoms. The Hall–Kier alpha value is -4.20. The lowest BCUT2D eigenvalue weighted by Gasteiger charge is -2.15. The van der Waals surface area contributed by atoms with E-state index in [1.165, 1.54) is 0 Å². The van der Waals surface area contributed by atoms with Crippen LogP contribution in [0.1, 0.15) is 35.3 Å². The van der Waals surface area contributed by atoms with Crippen molar-refractivity contribution in [2.75, 3.05) is 69.7 Å². The van der Waals surface area contributed by atoms with Crippen LogP contribution in [0.15, 0.2) is 42.5 Å². The zero-order valence-electron chi connectivity index (χ0n) is 24.7. The lowest BCUT2D eigenvalue weighted by Crippen LogP contribution is -2.27. The van der Waals surface area contributed by atoms with E-state index in [9.17, 15) is 4.79 Å². The fraction of sp³-hybridized carbons (Fsp3) is 0.448. The maximum absolute atomic E-state index is 12.4. The minimum atomic E-state index is -0.164. The molecule has 0 aliphatic rings. The first-order valence-electron chi connectivity index (χ1n) is 13.9. The Balaban J connectivity index is 1.55. The number of hydrogen-bond donors (Lipinski definition) is 5. The van der Waals surface area contributed by atoms with E-state index in [0.29, 0.717) is 87.5 Å². The van der Waals surface area contributed by atoms with Crippen molar-refractivity contribution >= 4 is 23.8 Å². The monoisotopic (exact) mass is 582 g/mol. The molecule has 0 spiro atoms. The Morgan fingerprint density at radius 2 is 1.50 bits per heavy atom. The van der Waals surface area contributed by atoms with Crippen molar-refractivity contribution in [1.82, 2.24) is 20.3 Å². The van der Waals surface area contributed by atoms with Gasteiger partial charge in [-0.05, 0) is 37.6 Å². The first kappa shape index (κ1) is 32.3. The molecule has 0 aliphatic carbocycles. The molecule has 3 rings (SSSR count). The summed E-state index contributed by atoms with van der Waals surface area (Å²) in [6.45, 7) is 7.65. The van der Waals surface area contributed by atoms with E-state index in [-0.39, 0.29) is 11.9 Å². The third kappa shape index (κ3) is 10.7. The molecule has 3 aromatic rings. The second kappa shape index (κ2) is 17.6. The van der Waals surface area contributed by atoms with Crippen LogP contribution in [0.3, 0.4) is 0 Å². The fourth-order valence-electron chi connectivity index (χ4n) is 3.82. The molecule has 2 aromatic carbocycles. The number of methoxy groups -OCH3 is 2. The lowest BCUT2D eigenvalue weighted by molar-refractivity contribution is 0.0511. The molecule has 228 valence electrons. The number of hydrogen-bond acceptors (Lipinski definition) is 12. The summed E-state index contributed by atoms with van der Waals surface area (Å²) in [6, 6.07) is 13.1. The van der Waals surface area contributed by atoms with Crippen LogP contribution in [0.5, 0.6) is 11.5 Å². The van der Waals surface area contributed by atoms with Gasteiger partial charge in [0.05, 0.1) is 40.6 Å². The molecule has 6 N–H and O–H groups in total. The Labute approximate surface area is 246 Å². The van der Waals surface area contributed by atoms with Crippen LogP contribution in [0.4, 0.5) is 17.8 Å². The van der Waals surface area contributed by atoms with E-state index in [1.54, 1.807) is 26.4 Å². The highest BCUT2D eigenvalue weighted by molar-refractivity contribution is 5.94. The van der Waals surface area contributed by atoms with Crippen LogP contribution in [0.2, 0.25) is 0 Å². The Morgan fingerprint density at radius 1 is 0.833 bits per heavy atom. The van der Waals surface area contributed by atoms with Crippen molar-refractivity contribution < 1.29 is 23.7 Å². The minimum absolute atomic E-state index is 0.132. The number of aromatic nitrogens is 3. The molecule has 13 nitrogen and oxygen atoms in total. The van der Waals surface area contributed by atoms with Gasteiger partial charge in [0.1, 0.15) is 0 Å². The topological polar surface area (TPSA) is 167 Å². The average molecular weight is 583 g/mol. The first-order valence-corrected chi connectivity index (χ1v) is 13.9. The van der Waals surface area contributed by atoms with Gasteiger partial charge in [-0.1, -0.05) is 24.3 Å². The van der Waals surface area contributed by atoms with Crippen LogP contribution in [0.25, 0.3) is 0 Å². The molecule has 1 aromatic heterocycles. The third-order valence-corrected chi connectivity index (χ3v) is 5.81. The highest BCUT2D eigenvalue weighted by Gasteiger charge is 2.12. The van der Waals surface area contributed by atoms with Gasteiger partial charge in [0.2, 0.25) is 17.8 Å². The van der Waals surface area contributed by atoms with Crippen LogP contribution in [-0.4, -0.2) is 80.6 Å². The zero-order valence-corrected chi connectivity index (χ0v) is 24.7. The van der Waals surface area contributed by atoms with Crippen LogP contribution in [0, 0.1) is 0 Å². The number of nitrogens with two attached hydrogens (primary N) is 1. The Bertz CT molecular complexity index is 1240. The highest BCUT2D eigenvalue weighted by Crippen LogP contribution is 2.31. The number of rotatable bonds is 19. The molecule has 0 bridgehead atoms. The molecule has 42 heavy (non-hydrogen) atoms. The van der Waals surface area contributed by atoms with Crippen LogP contribution < -0.4 is 36.5 Å². The molecule has 0 saturated heterocycles. The molecule has 0 unspecified atom stereocenters. The summed E-state index contributed by atoms with van der Waals surface area (Å²) in [5.74, 6) is 2.39. The molecule has 0 saturated carbocycles. The summed E-state index contributed by atoms with van der Waals surface area (Å²) in [7, 11) is 3.21. The maximum atomic E-state index is 12.4. The largest absolute Gasteiger partial charge is 0.493 e. The Kier molecular flexibility index (Phi) is 13.5. The van der Waals surface area contributed by atoms with Crippen molar-refractivity contribution in [2.24, 2.45) is 5.73 Å². The van der Waals surface area contributed by atoms with Crippen molar-refractivity contribution in [3.05, 3.63) is 59.2 Å². The van der Waals surface area contributed by atoms with Gasteiger partial charge in [0.25, 0.3) is 5.91 Å². The SMILES string of the molecule is COc1cccc(CNc2nc(NCc3ccc(C(=O)NCCOCCOCCN)cc3)nc(NC(C)C)n2)c1OC. The van der Waals surface area contributed by atoms with Gasteiger partial charge in [-0.25, -0.2) is 0 Å². The summed E-state index contributed by atoms with van der Waals surface area (Å²) in [5, 5.41) is 12.6. The summed E-state index contributed by atoms with van der Waals surface area (Å²) in [6.07, 6.45) is 0. The minimum Gasteiger partial charge on any atom is -0.493 e. The van der Waals surface area contributed by atoms with Crippen molar-refractivity contribution in [3.63, 3.8) is 0 Å². The number of benzene rings is 2. The van der Waals surface area contributed by atoms with E-state index in [4.69, 9.17) is 24.7 Å². The second-order valence-electron chi connectivity index (χ2n) is 9.43. The van der Waals surface area contributed by atoms with E-state index in [0.717, 1.165) is 11.1 Å². The van der Waals surface area contributed by atoms with E-state index in [1.807, 2.05) is 44.2 Å². The zero-order chi connectivity index (χ0) is 30.2. The molecular weight excluding hydrogens is 540 g/mol. The van der Waals surface area contributed by atoms with Crippen LogP contribution in [-0.2, 0) is 22.6 Å². The van der Waals surface area contributed by atoms with Gasteiger partial charge in [0.15, 0.2) is 11.5 Å². The van der Waals surface area contributed by atoms with E-state index in [2.05, 4.69) is 36.2 Å². The maximum Gasteiger partial charge on any atom is 0.251 e. The molecule has 0 fully saturated rings. The average Bonchev–Trinajstić information content (AvgIpc) is 2.99. The van der Waals surface area contributed by atoms with Gasteiger partial charge >= 0.3 is 0 Å². The van der Waals surface area contributed by atoms with Gasteiger partial charge in [-0.2, -0.15) is 15.0 Å². The Morgan fingerprint density at radius 3 is 2.14 bits per heavy atom. The predicted octanol–water partition coefficient (Wildman–Crippen LogP) is 2.66. The number of nitrogens with one attached hydrogen (secondary N) is 4. The summed E-state index contributed by atoms with van der Waals surface area (Å²) >= 11 is 0. The molecule has 0 atom stereocenters. The van der Waals surface area contributed by atoms with Gasteiger partial charge in [0, 0.05) is 43.3 Å². The van der Waals surface area contributed by atoms with Crippen molar-refractivity contribution in [1.29, 1.82) is 0 Å². The number of anilines is 3. The standard InChI is InChI=1S/C29H42N8O5/c1-20(2)34-29-36-27(35-28(37-29)33-19-23-6-5-7-24(39-3)25(23)40-4)32-18-21-8-10-22(11-9-21)26(38)31-13-15-42-17-16-41-14-12-30/h5-11,20H,12-19,30H2,1-4H3,(H,31,38)(H3,32,33,34,35,36,37).